The van der Waals surface area contributed by atoms with Gasteiger partial charge in [0.2, 0.25) is 0 Å². The highest BCUT2D eigenvalue weighted by Crippen LogP contribution is 2.75. The van der Waals surface area contributed by atoms with Gasteiger partial charge in [-0.2, -0.15) is 0 Å². The van der Waals surface area contributed by atoms with Gasteiger partial charge in [-0.3, -0.25) is 0 Å². The summed E-state index contributed by atoms with van der Waals surface area (Å²) in [6.45, 7) is 13.5. The van der Waals surface area contributed by atoms with Crippen LogP contribution in [0.5, 0.6) is 0 Å². The fraction of sp³-hybridized carbons (Fsp3) is 0.632. The molecule has 0 aromatic carbocycles. The summed E-state index contributed by atoms with van der Waals surface area (Å²) in [5.41, 5.74) is 4.09. The Morgan fingerprint density at radius 2 is 2.05 bits per heavy atom. The van der Waals surface area contributed by atoms with Gasteiger partial charge in [0.15, 0.2) is 0 Å². The number of nitrogens with one attached hydrogen (secondary N) is 1. The molecule has 3 saturated carbocycles. The van der Waals surface area contributed by atoms with E-state index in [0.29, 0.717) is 36.1 Å². The Balaban J connectivity index is 1.65. The molecule has 0 heterocycles. The van der Waals surface area contributed by atoms with Crippen LogP contribution in [0.2, 0.25) is 0 Å². The Morgan fingerprint density at radius 3 is 2.68 bits per heavy atom. The van der Waals surface area contributed by atoms with Gasteiger partial charge in [-0.25, -0.2) is 4.79 Å². The van der Waals surface area contributed by atoms with E-state index in [1.165, 1.54) is 12.8 Å². The average Bonchev–Trinajstić information content (AvgIpc) is 2.85. The van der Waals surface area contributed by atoms with Crippen LogP contribution in [-0.4, -0.2) is 25.2 Å². The molecule has 1 N–H and O–H groups in total. The van der Waals surface area contributed by atoms with Gasteiger partial charge >= 0.3 is 5.97 Å². The predicted octanol–water partition coefficient (Wildman–Crippen LogP) is 3.39. The first-order valence-corrected chi connectivity index (χ1v) is 8.29. The third kappa shape index (κ3) is 1.88. The molecule has 22 heavy (non-hydrogen) atoms. The molecule has 4 rings (SSSR count). The molecular formula is C19H27NO2. The number of allylic oxidation sites excluding steroid dienone is 2. The van der Waals surface area contributed by atoms with Crippen molar-refractivity contribution >= 4 is 5.97 Å². The monoisotopic (exact) mass is 301 g/mol. The minimum atomic E-state index is -0.302. The SMILES string of the molecule is C=C(C)C(=O)OCCNC1C2C3=CCCC=C3C1(C)C2(C)C. The first kappa shape index (κ1) is 15.5. The second-order valence-electron chi connectivity index (χ2n) is 7.60. The molecule has 0 aromatic heterocycles. The highest BCUT2D eigenvalue weighted by atomic mass is 16.5. The van der Waals surface area contributed by atoms with E-state index >= 15 is 0 Å². The lowest BCUT2D eigenvalue weighted by Crippen LogP contribution is -2.65. The topological polar surface area (TPSA) is 38.3 Å². The number of hydrogen-bond donors (Lipinski definition) is 1. The van der Waals surface area contributed by atoms with E-state index in [4.69, 9.17) is 4.74 Å². The van der Waals surface area contributed by atoms with Gasteiger partial charge in [-0.05, 0) is 36.3 Å². The third-order valence-electron chi connectivity index (χ3n) is 6.20. The summed E-state index contributed by atoms with van der Waals surface area (Å²) >= 11 is 0. The van der Waals surface area contributed by atoms with Crippen LogP contribution in [0.25, 0.3) is 0 Å². The quantitative estimate of drug-likeness (QED) is 0.480. The average molecular weight is 301 g/mol. The molecule has 0 radical (unpaired) electrons. The lowest BCUT2D eigenvalue weighted by molar-refractivity contribution is -0.139. The van der Waals surface area contributed by atoms with Crippen molar-refractivity contribution in [3.05, 3.63) is 35.5 Å². The molecule has 4 aliphatic carbocycles. The third-order valence-corrected chi connectivity index (χ3v) is 6.20. The van der Waals surface area contributed by atoms with Gasteiger partial charge < -0.3 is 10.1 Å². The first-order chi connectivity index (χ1) is 10.3. The molecule has 120 valence electrons. The second-order valence-corrected chi connectivity index (χ2v) is 7.60. The maximum absolute atomic E-state index is 11.4. The van der Waals surface area contributed by atoms with Crippen LogP contribution in [0.15, 0.2) is 35.5 Å². The normalized spacial score (nSPS) is 34.2. The number of rotatable bonds is 5. The molecule has 3 atom stereocenters. The van der Waals surface area contributed by atoms with E-state index in [0.717, 1.165) is 0 Å². The van der Waals surface area contributed by atoms with Gasteiger partial charge in [-0.15, -0.1) is 0 Å². The van der Waals surface area contributed by atoms with Gasteiger partial charge in [0.05, 0.1) is 0 Å². The van der Waals surface area contributed by atoms with Crippen LogP contribution >= 0.6 is 0 Å². The van der Waals surface area contributed by atoms with E-state index in [2.05, 4.69) is 44.8 Å². The first-order valence-electron chi connectivity index (χ1n) is 8.29. The molecule has 0 aliphatic heterocycles. The Morgan fingerprint density at radius 1 is 1.36 bits per heavy atom. The molecule has 4 aliphatic rings. The standard InChI is InChI=1S/C19H27NO2/c1-12(2)17(21)22-11-10-20-16-15-13-8-6-7-9-14(13)19(16,5)18(15,3)4/h8-9,15-16,20H,1,6-7,10-11H2,2-5H3. The molecule has 3 unspecified atom stereocenters. The molecule has 0 saturated heterocycles. The van der Waals surface area contributed by atoms with Gasteiger partial charge in [0, 0.05) is 29.5 Å². The van der Waals surface area contributed by atoms with Crippen molar-refractivity contribution in [2.45, 2.75) is 46.6 Å². The summed E-state index contributed by atoms with van der Waals surface area (Å²) < 4.78 is 5.19. The number of carbonyl (C=O) groups is 1. The van der Waals surface area contributed by atoms with Crippen molar-refractivity contribution < 1.29 is 9.53 Å². The number of esters is 1. The lowest BCUT2D eigenvalue weighted by atomic mass is 9.47. The fourth-order valence-electron chi connectivity index (χ4n) is 4.76. The molecule has 0 spiro atoms. The van der Waals surface area contributed by atoms with E-state index in [1.807, 2.05) is 0 Å². The summed E-state index contributed by atoms with van der Waals surface area (Å²) in [6, 6.07) is 0.460. The Hall–Kier alpha value is -1.35. The van der Waals surface area contributed by atoms with E-state index in [9.17, 15) is 4.79 Å². The van der Waals surface area contributed by atoms with Crippen LogP contribution < -0.4 is 5.32 Å². The molecule has 3 heteroatoms. The fourth-order valence-corrected chi connectivity index (χ4v) is 4.76. The Labute approximate surface area is 133 Å². The summed E-state index contributed by atoms with van der Waals surface area (Å²) in [6.07, 6.45) is 7.22. The lowest BCUT2D eigenvalue weighted by Gasteiger charge is -2.59. The smallest absolute Gasteiger partial charge is 0.333 e. The maximum atomic E-state index is 11.4. The van der Waals surface area contributed by atoms with Gasteiger partial charge in [-0.1, -0.05) is 39.5 Å². The Bertz CT molecular complexity index is 584. The van der Waals surface area contributed by atoms with E-state index < -0.39 is 0 Å². The van der Waals surface area contributed by atoms with Crippen molar-refractivity contribution in [3.8, 4) is 0 Å². The van der Waals surface area contributed by atoms with E-state index in [1.54, 1.807) is 18.1 Å². The highest BCUT2D eigenvalue weighted by Gasteiger charge is 2.72. The predicted molar refractivity (Wildman–Crippen MR) is 88.3 cm³/mol. The highest BCUT2D eigenvalue weighted by molar-refractivity contribution is 5.86. The van der Waals surface area contributed by atoms with Crippen LogP contribution in [0.1, 0.15) is 40.5 Å². The van der Waals surface area contributed by atoms with Crippen LogP contribution in [0.3, 0.4) is 0 Å². The van der Waals surface area contributed by atoms with Gasteiger partial charge in [0.25, 0.3) is 0 Å². The number of ether oxygens (including phenoxy) is 1. The van der Waals surface area contributed by atoms with Crippen LogP contribution in [0, 0.1) is 16.7 Å². The van der Waals surface area contributed by atoms with Gasteiger partial charge in [0.1, 0.15) is 6.61 Å². The Kier molecular flexibility index (Phi) is 3.59. The summed E-state index contributed by atoms with van der Waals surface area (Å²) in [5, 5.41) is 3.64. The van der Waals surface area contributed by atoms with Crippen molar-refractivity contribution in [2.24, 2.45) is 16.7 Å². The number of carbonyl (C=O) groups excluding carboxylic acids is 1. The summed E-state index contributed by atoms with van der Waals surface area (Å²) in [4.78, 5) is 11.4. The number of hydrogen-bond acceptors (Lipinski definition) is 3. The van der Waals surface area contributed by atoms with Crippen molar-refractivity contribution in [3.63, 3.8) is 0 Å². The minimum absolute atomic E-state index is 0.197. The molecule has 0 aromatic rings. The van der Waals surface area contributed by atoms with Crippen molar-refractivity contribution in [1.82, 2.24) is 5.32 Å². The minimum Gasteiger partial charge on any atom is -0.461 e. The molecular weight excluding hydrogens is 274 g/mol. The van der Waals surface area contributed by atoms with Crippen LogP contribution in [0.4, 0.5) is 0 Å². The van der Waals surface area contributed by atoms with E-state index in [-0.39, 0.29) is 11.4 Å². The summed E-state index contributed by atoms with van der Waals surface area (Å²) in [5.74, 6) is 0.282. The van der Waals surface area contributed by atoms with Crippen molar-refractivity contribution in [1.29, 1.82) is 0 Å². The zero-order chi connectivity index (χ0) is 16.1. The maximum Gasteiger partial charge on any atom is 0.333 e. The zero-order valence-electron chi connectivity index (χ0n) is 14.2. The second kappa shape index (κ2) is 5.09. The van der Waals surface area contributed by atoms with Crippen LogP contribution in [-0.2, 0) is 9.53 Å². The zero-order valence-corrected chi connectivity index (χ0v) is 14.2. The van der Waals surface area contributed by atoms with Crippen molar-refractivity contribution in [2.75, 3.05) is 13.2 Å². The molecule has 2 bridgehead atoms. The largest absolute Gasteiger partial charge is 0.461 e. The molecule has 3 nitrogen and oxygen atoms in total. The summed E-state index contributed by atoms with van der Waals surface area (Å²) in [7, 11) is 0. The molecule has 3 fully saturated rings. The molecule has 0 amide bonds.